The zero-order valence-electron chi connectivity index (χ0n) is 8.56. The van der Waals surface area contributed by atoms with Crippen molar-refractivity contribution in [2.75, 3.05) is 6.61 Å². The summed E-state index contributed by atoms with van der Waals surface area (Å²) in [5, 5.41) is 0. The maximum atomic E-state index is 5.46. The third-order valence-corrected chi connectivity index (χ3v) is 2.87. The van der Waals surface area contributed by atoms with Gasteiger partial charge in [0.2, 0.25) is 0 Å². The van der Waals surface area contributed by atoms with Crippen LogP contribution in [0.5, 0.6) is 5.75 Å². The van der Waals surface area contributed by atoms with Gasteiger partial charge in [-0.2, -0.15) is 0 Å². The first-order chi connectivity index (χ1) is 7.83. The molecular weight excluding hydrogens is 220 g/mol. The first kappa shape index (κ1) is 9.54. The van der Waals surface area contributed by atoms with Gasteiger partial charge in [0, 0.05) is 18.2 Å². The summed E-state index contributed by atoms with van der Waals surface area (Å²) in [7, 11) is 0. The second-order valence-corrected chi connectivity index (χ2v) is 4.14. The molecule has 3 rings (SSSR count). The first-order valence-corrected chi connectivity index (χ1v) is 5.55. The minimum Gasteiger partial charge on any atom is -0.493 e. The molecule has 3 nitrogen and oxygen atoms in total. The molecule has 0 aliphatic carbocycles. The fraction of sp³-hybridized carbons (Fsp3) is 0.167. The Labute approximate surface area is 98.1 Å². The topological polar surface area (TPSA) is 37.9 Å². The number of aromatic nitrogens is 2. The number of ether oxygens (including phenoxy) is 1. The van der Waals surface area contributed by atoms with Crippen LogP contribution in [0.3, 0.4) is 0 Å². The van der Waals surface area contributed by atoms with E-state index < -0.39 is 0 Å². The Morgan fingerprint density at radius 2 is 2.25 bits per heavy atom. The van der Waals surface area contributed by atoms with Gasteiger partial charge in [-0.1, -0.05) is 12.2 Å². The van der Waals surface area contributed by atoms with E-state index >= 15 is 0 Å². The van der Waals surface area contributed by atoms with Crippen LogP contribution in [0.15, 0.2) is 30.5 Å². The molecule has 0 saturated carbocycles. The lowest BCUT2D eigenvalue weighted by molar-refractivity contribution is 0.357. The van der Waals surface area contributed by atoms with Crippen LogP contribution in [0.4, 0.5) is 0 Å². The summed E-state index contributed by atoms with van der Waals surface area (Å²) < 4.78 is 6.16. The summed E-state index contributed by atoms with van der Waals surface area (Å²) in [6, 6.07) is 7.87. The van der Waals surface area contributed by atoms with Crippen LogP contribution in [0.25, 0.3) is 11.4 Å². The van der Waals surface area contributed by atoms with Crippen LogP contribution in [-0.2, 0) is 6.42 Å². The predicted octanol–water partition coefficient (Wildman–Crippen LogP) is 2.74. The van der Waals surface area contributed by atoms with Gasteiger partial charge in [-0.05, 0) is 29.8 Å². The third kappa shape index (κ3) is 1.61. The summed E-state index contributed by atoms with van der Waals surface area (Å²) in [5.74, 6) is 1.79. The Bertz CT molecular complexity index is 592. The summed E-state index contributed by atoms with van der Waals surface area (Å²) in [6.45, 7) is 0.775. The lowest BCUT2D eigenvalue weighted by Gasteiger charge is -2.03. The van der Waals surface area contributed by atoms with Crippen LogP contribution in [0, 0.1) is 4.64 Å². The van der Waals surface area contributed by atoms with Crippen LogP contribution in [0.1, 0.15) is 5.56 Å². The average Bonchev–Trinajstić information content (AvgIpc) is 2.75. The monoisotopic (exact) mass is 230 g/mol. The Morgan fingerprint density at radius 3 is 3.12 bits per heavy atom. The lowest BCUT2D eigenvalue weighted by atomic mass is 10.1. The molecule has 0 unspecified atom stereocenters. The summed E-state index contributed by atoms with van der Waals surface area (Å²) in [6.07, 6.45) is 2.69. The van der Waals surface area contributed by atoms with Gasteiger partial charge in [0.1, 0.15) is 16.2 Å². The molecule has 1 aromatic heterocycles. The van der Waals surface area contributed by atoms with Crippen molar-refractivity contribution < 1.29 is 4.74 Å². The summed E-state index contributed by atoms with van der Waals surface area (Å²) in [4.78, 5) is 7.35. The van der Waals surface area contributed by atoms with E-state index in [1.165, 1.54) is 5.56 Å². The predicted molar refractivity (Wildman–Crippen MR) is 64.1 cm³/mol. The van der Waals surface area contributed by atoms with E-state index in [2.05, 4.69) is 16.0 Å². The molecule has 0 atom stereocenters. The Morgan fingerprint density at radius 1 is 1.31 bits per heavy atom. The molecule has 80 valence electrons. The molecule has 0 amide bonds. The Hall–Kier alpha value is -1.68. The minimum absolute atomic E-state index is 0.696. The number of nitrogens with zero attached hydrogens (tertiary/aromatic N) is 1. The van der Waals surface area contributed by atoms with Crippen molar-refractivity contribution in [3.63, 3.8) is 0 Å². The van der Waals surface area contributed by atoms with Crippen LogP contribution < -0.4 is 4.74 Å². The number of fused-ring (bicyclic) bond motifs is 1. The number of aromatic amines is 1. The number of hydrogen-bond donors (Lipinski definition) is 1. The van der Waals surface area contributed by atoms with E-state index in [0.717, 1.165) is 30.2 Å². The molecule has 2 heterocycles. The van der Waals surface area contributed by atoms with Gasteiger partial charge in [0.25, 0.3) is 0 Å². The summed E-state index contributed by atoms with van der Waals surface area (Å²) in [5.41, 5.74) is 2.29. The van der Waals surface area contributed by atoms with E-state index in [4.69, 9.17) is 17.0 Å². The molecule has 1 aliphatic heterocycles. The van der Waals surface area contributed by atoms with E-state index in [9.17, 15) is 0 Å². The van der Waals surface area contributed by atoms with Crippen LogP contribution in [-0.4, -0.2) is 16.6 Å². The van der Waals surface area contributed by atoms with E-state index in [1.807, 2.05) is 12.1 Å². The van der Waals surface area contributed by atoms with E-state index in [0.29, 0.717) is 4.64 Å². The number of rotatable bonds is 1. The molecule has 0 spiro atoms. The van der Waals surface area contributed by atoms with Crippen molar-refractivity contribution in [2.45, 2.75) is 6.42 Å². The SMILES string of the molecule is S=c1ccnc(-c2ccc3c(c2)CCO3)[nH]1. The van der Waals surface area contributed by atoms with Crippen molar-refractivity contribution >= 4 is 12.2 Å². The van der Waals surface area contributed by atoms with Gasteiger partial charge < -0.3 is 9.72 Å². The molecule has 1 N–H and O–H groups in total. The smallest absolute Gasteiger partial charge is 0.138 e. The standard InChI is InChI=1S/C12H10N2OS/c16-11-3-5-13-12(14-11)9-1-2-10-8(7-9)4-6-15-10/h1-3,5,7H,4,6H2,(H,13,14,16). The Kier molecular flexibility index (Phi) is 2.22. The lowest BCUT2D eigenvalue weighted by Crippen LogP contribution is -1.89. The molecule has 0 radical (unpaired) electrons. The fourth-order valence-corrected chi connectivity index (χ4v) is 2.01. The van der Waals surface area contributed by atoms with Gasteiger partial charge in [0.05, 0.1) is 6.61 Å². The maximum absolute atomic E-state index is 5.46. The first-order valence-electron chi connectivity index (χ1n) is 5.14. The average molecular weight is 230 g/mol. The van der Waals surface area contributed by atoms with Gasteiger partial charge in [-0.15, -0.1) is 0 Å². The molecule has 0 bridgehead atoms. The van der Waals surface area contributed by atoms with Crippen LogP contribution >= 0.6 is 12.2 Å². The zero-order valence-corrected chi connectivity index (χ0v) is 9.38. The largest absolute Gasteiger partial charge is 0.493 e. The second kappa shape index (κ2) is 3.72. The van der Waals surface area contributed by atoms with Crippen molar-refractivity contribution in [1.82, 2.24) is 9.97 Å². The maximum Gasteiger partial charge on any atom is 0.138 e. The van der Waals surface area contributed by atoms with Crippen molar-refractivity contribution in [2.24, 2.45) is 0 Å². The van der Waals surface area contributed by atoms with Gasteiger partial charge in [0.15, 0.2) is 0 Å². The number of hydrogen-bond acceptors (Lipinski definition) is 3. The molecular formula is C12H10N2OS. The third-order valence-electron chi connectivity index (χ3n) is 2.63. The van der Waals surface area contributed by atoms with E-state index in [1.54, 1.807) is 12.3 Å². The highest BCUT2D eigenvalue weighted by Crippen LogP contribution is 2.28. The number of H-pyrrole nitrogens is 1. The highest BCUT2D eigenvalue weighted by molar-refractivity contribution is 7.71. The highest BCUT2D eigenvalue weighted by Gasteiger charge is 2.12. The number of nitrogens with one attached hydrogen (secondary N) is 1. The molecule has 16 heavy (non-hydrogen) atoms. The molecule has 1 aromatic carbocycles. The van der Waals surface area contributed by atoms with Crippen LogP contribution in [0.2, 0.25) is 0 Å². The van der Waals surface area contributed by atoms with Crippen molar-refractivity contribution in [3.8, 4) is 17.1 Å². The molecule has 0 saturated heterocycles. The normalized spacial score (nSPS) is 13.2. The summed E-state index contributed by atoms with van der Waals surface area (Å²) >= 11 is 5.08. The van der Waals surface area contributed by atoms with E-state index in [-0.39, 0.29) is 0 Å². The molecule has 2 aromatic rings. The molecule has 4 heteroatoms. The van der Waals surface area contributed by atoms with Crippen molar-refractivity contribution in [1.29, 1.82) is 0 Å². The van der Waals surface area contributed by atoms with Gasteiger partial charge in [-0.3, -0.25) is 0 Å². The van der Waals surface area contributed by atoms with Gasteiger partial charge >= 0.3 is 0 Å². The molecule has 1 aliphatic rings. The quantitative estimate of drug-likeness (QED) is 0.765. The minimum atomic E-state index is 0.696. The zero-order chi connectivity index (χ0) is 11.0. The Balaban J connectivity index is 2.10. The van der Waals surface area contributed by atoms with Crippen molar-refractivity contribution in [3.05, 3.63) is 40.7 Å². The number of benzene rings is 1. The fourth-order valence-electron chi connectivity index (χ4n) is 1.85. The molecule has 0 fully saturated rings. The highest BCUT2D eigenvalue weighted by atomic mass is 32.1. The second-order valence-electron chi connectivity index (χ2n) is 3.70. The van der Waals surface area contributed by atoms with Gasteiger partial charge in [-0.25, -0.2) is 4.98 Å².